The lowest BCUT2D eigenvalue weighted by Gasteiger charge is -2.35. The Morgan fingerprint density at radius 1 is 0.833 bits per heavy atom. The second kappa shape index (κ2) is 11.3. The molecule has 0 saturated heterocycles. The molecule has 0 aliphatic heterocycles. The van der Waals surface area contributed by atoms with Gasteiger partial charge in [0.15, 0.2) is 0 Å². The van der Waals surface area contributed by atoms with Crippen molar-refractivity contribution in [2.24, 2.45) is 4.99 Å². The molecular weight excluding hydrogens is 457 g/mol. The molecule has 2 unspecified atom stereocenters. The number of hydrogen-bond donors (Lipinski definition) is 0. The highest BCUT2D eigenvalue weighted by Crippen LogP contribution is 2.50. The van der Waals surface area contributed by atoms with Gasteiger partial charge in [0.2, 0.25) is 0 Å². The highest BCUT2D eigenvalue weighted by molar-refractivity contribution is 7.48. The zero-order valence-electron chi connectivity index (χ0n) is 23.7. The number of rotatable bonds is 8. The van der Waals surface area contributed by atoms with Crippen molar-refractivity contribution in [3.05, 3.63) is 94.5 Å². The van der Waals surface area contributed by atoms with Crippen molar-refractivity contribution in [1.29, 1.82) is 0 Å². The van der Waals surface area contributed by atoms with Gasteiger partial charge in [-0.15, -0.1) is 0 Å². The smallest absolute Gasteiger partial charge is 0.127 e. The highest BCUT2D eigenvalue weighted by Gasteiger charge is 2.33. The van der Waals surface area contributed by atoms with Crippen LogP contribution in [-0.4, -0.2) is 11.8 Å². The summed E-state index contributed by atoms with van der Waals surface area (Å²) in [5.74, 6) is 1.05. The zero-order chi connectivity index (χ0) is 26.6. The van der Waals surface area contributed by atoms with E-state index in [1.807, 2.05) is 0 Å². The summed E-state index contributed by atoms with van der Waals surface area (Å²) in [5.41, 5.74) is 6.15. The van der Waals surface area contributed by atoms with Gasteiger partial charge >= 0.3 is 0 Å². The summed E-state index contributed by atoms with van der Waals surface area (Å²) >= 11 is 0. The van der Waals surface area contributed by atoms with Crippen LogP contribution in [0, 0.1) is 6.92 Å². The Morgan fingerprint density at radius 3 is 2.06 bits per heavy atom. The summed E-state index contributed by atoms with van der Waals surface area (Å²) < 4.78 is 6.72. The first kappa shape index (κ1) is 28.1. The SMILES string of the molecule is CCC(C)(Pc1ccccc1/C=N/C(C)(C)C)c1cc(C)cc(C(C)(C)C)c1OCc1ccccc1. The molecule has 0 saturated carbocycles. The van der Waals surface area contributed by atoms with E-state index < -0.39 is 0 Å². The van der Waals surface area contributed by atoms with E-state index in [9.17, 15) is 0 Å². The average molecular weight is 502 g/mol. The quantitative estimate of drug-likeness (QED) is 0.223. The summed E-state index contributed by atoms with van der Waals surface area (Å²) in [5, 5.41) is 1.28. The fourth-order valence-electron chi connectivity index (χ4n) is 4.26. The van der Waals surface area contributed by atoms with E-state index in [-0.39, 0.29) is 16.1 Å². The normalized spacial score (nSPS) is 14.5. The Bertz CT molecular complexity index is 1180. The van der Waals surface area contributed by atoms with Crippen molar-refractivity contribution in [1.82, 2.24) is 0 Å². The first-order valence-electron chi connectivity index (χ1n) is 13.1. The van der Waals surface area contributed by atoms with Gasteiger partial charge < -0.3 is 4.74 Å². The van der Waals surface area contributed by atoms with E-state index in [2.05, 4.69) is 135 Å². The summed E-state index contributed by atoms with van der Waals surface area (Å²) in [6.45, 7) is 20.8. The van der Waals surface area contributed by atoms with Crippen LogP contribution >= 0.6 is 8.58 Å². The van der Waals surface area contributed by atoms with Crippen LogP contribution in [0.5, 0.6) is 5.75 Å². The topological polar surface area (TPSA) is 21.6 Å². The number of ether oxygens (including phenoxy) is 1. The molecule has 0 bridgehead atoms. The van der Waals surface area contributed by atoms with Gasteiger partial charge in [0.25, 0.3) is 0 Å². The molecule has 0 aliphatic carbocycles. The standard InChI is InChI=1S/C33H44NOP/c1-10-33(9,36-29-19-15-14-18-26(29)22-34-32(6,7)8)28-21-24(2)20-27(31(3,4)5)30(28)35-23-25-16-12-11-13-17-25/h11-22,36H,10,23H2,1-9H3/b34-22+. The Kier molecular flexibility index (Phi) is 8.84. The molecule has 0 N–H and O–H groups in total. The summed E-state index contributed by atoms with van der Waals surface area (Å²) in [7, 11) is 0.590. The minimum atomic E-state index is -0.0963. The fourth-order valence-corrected chi connectivity index (χ4v) is 5.82. The third-order valence-electron chi connectivity index (χ3n) is 6.53. The average Bonchev–Trinajstić information content (AvgIpc) is 2.81. The van der Waals surface area contributed by atoms with Crippen LogP contribution < -0.4 is 10.0 Å². The third-order valence-corrected chi connectivity index (χ3v) is 8.43. The van der Waals surface area contributed by atoms with Crippen LogP contribution in [0.4, 0.5) is 0 Å². The molecule has 3 aromatic carbocycles. The maximum absolute atomic E-state index is 6.72. The van der Waals surface area contributed by atoms with Crippen LogP contribution in [0.1, 0.15) is 89.6 Å². The second-order valence-electron chi connectivity index (χ2n) is 12.0. The van der Waals surface area contributed by atoms with E-state index in [1.165, 1.54) is 33.1 Å². The third kappa shape index (κ3) is 7.30. The highest BCUT2D eigenvalue weighted by atomic mass is 31.1. The molecule has 0 spiro atoms. The monoisotopic (exact) mass is 501 g/mol. The van der Waals surface area contributed by atoms with Crippen molar-refractivity contribution in [3.8, 4) is 5.75 Å². The minimum absolute atomic E-state index is 0.0260. The predicted octanol–water partition coefficient (Wildman–Crippen LogP) is 8.72. The maximum atomic E-state index is 6.72. The van der Waals surface area contributed by atoms with E-state index in [4.69, 9.17) is 9.73 Å². The van der Waals surface area contributed by atoms with Crippen molar-refractivity contribution in [3.63, 3.8) is 0 Å². The lowest BCUT2D eigenvalue weighted by Crippen LogP contribution is -2.24. The molecule has 2 atom stereocenters. The van der Waals surface area contributed by atoms with Crippen molar-refractivity contribution in [2.75, 3.05) is 0 Å². The molecule has 0 amide bonds. The van der Waals surface area contributed by atoms with Crippen molar-refractivity contribution in [2.45, 2.75) is 91.5 Å². The number of aliphatic imine (C=N–C) groups is 1. The van der Waals surface area contributed by atoms with E-state index >= 15 is 0 Å². The lowest BCUT2D eigenvalue weighted by atomic mass is 9.81. The number of hydrogen-bond acceptors (Lipinski definition) is 2. The first-order chi connectivity index (χ1) is 16.8. The fraction of sp³-hybridized carbons (Fsp3) is 0.424. The van der Waals surface area contributed by atoms with Crippen LogP contribution in [-0.2, 0) is 17.2 Å². The Hall–Kier alpha value is -2.44. The molecule has 0 aromatic heterocycles. The van der Waals surface area contributed by atoms with Crippen molar-refractivity contribution < 1.29 is 4.74 Å². The van der Waals surface area contributed by atoms with E-state index in [1.54, 1.807) is 0 Å². The zero-order valence-corrected chi connectivity index (χ0v) is 24.7. The molecule has 36 heavy (non-hydrogen) atoms. The number of aryl methyl sites for hydroxylation is 1. The summed E-state index contributed by atoms with van der Waals surface area (Å²) in [4.78, 5) is 4.81. The Balaban J connectivity index is 2.11. The van der Waals surface area contributed by atoms with E-state index in [0.29, 0.717) is 15.2 Å². The molecule has 3 rings (SSSR count). The molecule has 0 fully saturated rings. The second-order valence-corrected chi connectivity index (χ2v) is 13.9. The first-order valence-corrected chi connectivity index (χ1v) is 14.1. The predicted molar refractivity (Wildman–Crippen MR) is 160 cm³/mol. The summed E-state index contributed by atoms with van der Waals surface area (Å²) in [6.07, 6.45) is 3.08. The molecule has 0 radical (unpaired) electrons. The largest absolute Gasteiger partial charge is 0.488 e. The summed E-state index contributed by atoms with van der Waals surface area (Å²) in [6, 6.07) is 23.9. The van der Waals surface area contributed by atoms with Crippen LogP contribution in [0.3, 0.4) is 0 Å². The Morgan fingerprint density at radius 2 is 1.44 bits per heavy atom. The van der Waals surface area contributed by atoms with Crippen molar-refractivity contribution >= 4 is 20.1 Å². The molecule has 192 valence electrons. The van der Waals surface area contributed by atoms with Gasteiger partial charge in [0.1, 0.15) is 12.4 Å². The molecule has 3 heteroatoms. The molecule has 2 nitrogen and oxygen atoms in total. The Labute approximate surface area is 221 Å². The van der Waals surface area contributed by atoms with Gasteiger partial charge in [-0.05, 0) is 56.0 Å². The van der Waals surface area contributed by atoms with Gasteiger partial charge in [-0.1, -0.05) is 115 Å². The van der Waals surface area contributed by atoms with Gasteiger partial charge in [-0.25, -0.2) is 0 Å². The van der Waals surface area contributed by atoms with Crippen LogP contribution in [0.25, 0.3) is 0 Å². The van der Waals surface area contributed by atoms with Gasteiger partial charge in [-0.3, -0.25) is 4.99 Å². The lowest BCUT2D eigenvalue weighted by molar-refractivity contribution is 0.291. The maximum Gasteiger partial charge on any atom is 0.127 e. The van der Waals surface area contributed by atoms with Gasteiger partial charge in [0.05, 0.1) is 5.54 Å². The molecule has 0 aliphatic rings. The van der Waals surface area contributed by atoms with Gasteiger partial charge in [0, 0.05) is 22.5 Å². The number of benzene rings is 3. The minimum Gasteiger partial charge on any atom is -0.488 e. The molecule has 3 aromatic rings. The van der Waals surface area contributed by atoms with Crippen LogP contribution in [0.2, 0.25) is 0 Å². The molecular formula is C33H44NOP. The van der Waals surface area contributed by atoms with Gasteiger partial charge in [-0.2, -0.15) is 0 Å². The molecule has 0 heterocycles. The number of nitrogens with zero attached hydrogens (tertiary/aromatic N) is 1. The van der Waals surface area contributed by atoms with Crippen LogP contribution in [0.15, 0.2) is 71.7 Å². The van der Waals surface area contributed by atoms with E-state index in [0.717, 1.165) is 12.2 Å².